The molecule has 2 nitrogen and oxygen atoms in total. The van der Waals surface area contributed by atoms with Crippen molar-refractivity contribution in [2.75, 3.05) is 5.33 Å². The highest BCUT2D eigenvalue weighted by atomic mass is 79.9. The lowest BCUT2D eigenvalue weighted by Crippen LogP contribution is -2.24. The summed E-state index contributed by atoms with van der Waals surface area (Å²) in [6, 6.07) is 0. The fourth-order valence-corrected chi connectivity index (χ4v) is 2.83. The smallest absolute Gasteiger partial charge is 0.310 e. The summed E-state index contributed by atoms with van der Waals surface area (Å²) in [5.74, 6) is 0.639. The van der Waals surface area contributed by atoms with Crippen molar-refractivity contribution in [2.24, 2.45) is 5.92 Å². The molecule has 0 saturated heterocycles. The minimum Gasteiger partial charge on any atom is -0.460 e. The first-order chi connectivity index (χ1) is 7.90. The molecule has 1 aliphatic rings. The van der Waals surface area contributed by atoms with Crippen molar-refractivity contribution < 1.29 is 9.53 Å². The van der Waals surface area contributed by atoms with Crippen LogP contribution in [0, 0.1) is 5.92 Å². The van der Waals surface area contributed by atoms with Gasteiger partial charge in [-0.3, -0.25) is 4.79 Å². The van der Waals surface area contributed by atoms with Crippen LogP contribution in [0.25, 0.3) is 0 Å². The molecule has 0 unspecified atom stereocenters. The number of carbonyl (C=O) groups excluding carboxylic acids is 1. The lowest BCUT2D eigenvalue weighted by Gasteiger charge is -2.24. The molecule has 3 heteroatoms. The highest BCUT2D eigenvalue weighted by Crippen LogP contribution is 2.29. The van der Waals surface area contributed by atoms with Crippen LogP contribution in [0.15, 0.2) is 11.6 Å². The van der Waals surface area contributed by atoms with Gasteiger partial charge in [0.15, 0.2) is 0 Å². The zero-order valence-electron chi connectivity index (χ0n) is 11.1. The van der Waals surface area contributed by atoms with E-state index in [1.54, 1.807) is 0 Å². The average molecular weight is 303 g/mol. The highest BCUT2D eigenvalue weighted by Gasteiger charge is 2.20. The molecule has 0 bridgehead atoms. The van der Waals surface area contributed by atoms with Crippen LogP contribution in [0.1, 0.15) is 52.9 Å². The van der Waals surface area contributed by atoms with Crippen molar-refractivity contribution in [3.05, 3.63) is 11.6 Å². The Labute approximate surface area is 113 Å². The number of hydrogen-bond acceptors (Lipinski definition) is 2. The minimum atomic E-state index is -0.373. The Morgan fingerprint density at radius 1 is 1.53 bits per heavy atom. The molecule has 0 fully saturated rings. The third-order valence-electron chi connectivity index (χ3n) is 2.87. The Balaban J connectivity index is 2.41. The second-order valence-corrected chi connectivity index (χ2v) is 6.54. The van der Waals surface area contributed by atoms with Crippen molar-refractivity contribution in [1.29, 1.82) is 0 Å². The molecule has 0 aliphatic heterocycles. The van der Waals surface area contributed by atoms with Gasteiger partial charge in [0, 0.05) is 5.33 Å². The van der Waals surface area contributed by atoms with Crippen LogP contribution in [-0.2, 0) is 9.53 Å². The Bertz CT molecular complexity index is 289. The van der Waals surface area contributed by atoms with Crippen molar-refractivity contribution >= 4 is 21.9 Å². The van der Waals surface area contributed by atoms with E-state index in [4.69, 9.17) is 4.74 Å². The van der Waals surface area contributed by atoms with E-state index in [-0.39, 0.29) is 11.6 Å². The third kappa shape index (κ3) is 6.25. The lowest BCUT2D eigenvalue weighted by atomic mass is 9.86. The van der Waals surface area contributed by atoms with Crippen LogP contribution in [0.4, 0.5) is 0 Å². The van der Waals surface area contributed by atoms with E-state index in [9.17, 15) is 4.79 Å². The Hall–Kier alpha value is -0.310. The topological polar surface area (TPSA) is 26.3 Å². The standard InChI is InChI=1S/C14H23BrO2/c1-14(2,3)17-13(16)10-12-6-4-5-11(9-12)7-8-15/h6,11H,4-5,7-10H2,1-3H3/t11-/m0/s1. The van der Waals surface area contributed by atoms with E-state index < -0.39 is 0 Å². The number of hydrogen-bond donors (Lipinski definition) is 0. The second kappa shape index (κ2) is 6.58. The number of halogens is 1. The molecule has 1 rings (SSSR count). The summed E-state index contributed by atoms with van der Waals surface area (Å²) in [6.07, 6.45) is 7.31. The van der Waals surface area contributed by atoms with Gasteiger partial charge in [0.05, 0.1) is 6.42 Å². The lowest BCUT2D eigenvalue weighted by molar-refractivity contribution is -0.153. The first-order valence-electron chi connectivity index (χ1n) is 6.36. The van der Waals surface area contributed by atoms with Crippen molar-refractivity contribution in [3.8, 4) is 0 Å². The summed E-state index contributed by atoms with van der Waals surface area (Å²) in [5.41, 5.74) is 0.887. The summed E-state index contributed by atoms with van der Waals surface area (Å²) in [7, 11) is 0. The van der Waals surface area contributed by atoms with Gasteiger partial charge in [-0.2, -0.15) is 0 Å². The fourth-order valence-electron chi connectivity index (χ4n) is 2.19. The summed E-state index contributed by atoms with van der Waals surface area (Å²) in [6.45, 7) is 5.73. The molecule has 0 radical (unpaired) electrons. The van der Waals surface area contributed by atoms with Crippen LogP contribution in [-0.4, -0.2) is 16.9 Å². The molecule has 0 N–H and O–H groups in total. The maximum Gasteiger partial charge on any atom is 0.310 e. The van der Waals surface area contributed by atoms with E-state index in [1.165, 1.54) is 18.4 Å². The Kier molecular flexibility index (Phi) is 5.71. The number of rotatable bonds is 4. The predicted molar refractivity (Wildman–Crippen MR) is 74.3 cm³/mol. The SMILES string of the molecule is CC(C)(C)OC(=O)CC1=CCC[C@@H](CCBr)C1. The molecule has 0 spiro atoms. The molecular weight excluding hydrogens is 280 g/mol. The molecule has 0 aromatic carbocycles. The van der Waals surface area contributed by atoms with Crippen molar-refractivity contribution in [1.82, 2.24) is 0 Å². The molecule has 0 aromatic heterocycles. The molecule has 1 aliphatic carbocycles. The number of ether oxygens (including phenoxy) is 1. The van der Waals surface area contributed by atoms with Crippen molar-refractivity contribution in [3.63, 3.8) is 0 Å². The molecule has 17 heavy (non-hydrogen) atoms. The van der Waals surface area contributed by atoms with Crippen molar-refractivity contribution in [2.45, 2.75) is 58.5 Å². The van der Waals surface area contributed by atoms with E-state index in [0.717, 1.165) is 24.1 Å². The van der Waals surface area contributed by atoms with E-state index in [2.05, 4.69) is 22.0 Å². The van der Waals surface area contributed by atoms with Crippen LogP contribution in [0.5, 0.6) is 0 Å². The van der Waals surface area contributed by atoms with Gasteiger partial charge >= 0.3 is 5.97 Å². The molecular formula is C14H23BrO2. The molecule has 0 amide bonds. The molecule has 0 saturated carbocycles. The van der Waals surface area contributed by atoms with Gasteiger partial charge in [-0.1, -0.05) is 27.6 Å². The Morgan fingerprint density at radius 2 is 2.24 bits per heavy atom. The largest absolute Gasteiger partial charge is 0.460 e. The summed E-state index contributed by atoms with van der Waals surface area (Å²) < 4.78 is 5.35. The first kappa shape index (κ1) is 14.7. The monoisotopic (exact) mass is 302 g/mol. The zero-order chi connectivity index (χ0) is 12.9. The van der Waals surface area contributed by atoms with E-state index in [1.807, 2.05) is 20.8 Å². The maximum atomic E-state index is 11.7. The molecule has 98 valence electrons. The molecule has 0 heterocycles. The minimum absolute atomic E-state index is 0.0942. The normalized spacial score (nSPS) is 20.9. The Morgan fingerprint density at radius 3 is 2.82 bits per heavy atom. The van der Waals surface area contributed by atoms with E-state index >= 15 is 0 Å². The average Bonchev–Trinajstić information content (AvgIpc) is 2.15. The second-order valence-electron chi connectivity index (χ2n) is 5.75. The third-order valence-corrected chi connectivity index (χ3v) is 3.33. The van der Waals surface area contributed by atoms with Gasteiger partial charge in [-0.25, -0.2) is 0 Å². The first-order valence-corrected chi connectivity index (χ1v) is 7.48. The van der Waals surface area contributed by atoms with Crippen LogP contribution >= 0.6 is 15.9 Å². The van der Waals surface area contributed by atoms with Gasteiger partial charge in [0.25, 0.3) is 0 Å². The van der Waals surface area contributed by atoms with Gasteiger partial charge in [-0.05, 0) is 52.4 Å². The van der Waals surface area contributed by atoms with Crippen LogP contribution in [0.2, 0.25) is 0 Å². The van der Waals surface area contributed by atoms with Gasteiger partial charge in [-0.15, -0.1) is 0 Å². The molecule has 1 atom stereocenters. The van der Waals surface area contributed by atoms with Crippen LogP contribution < -0.4 is 0 Å². The van der Waals surface area contributed by atoms with E-state index in [0.29, 0.717) is 6.42 Å². The summed E-state index contributed by atoms with van der Waals surface area (Å²) >= 11 is 3.48. The predicted octanol–water partition coefficient (Wildman–Crippen LogP) is 4.23. The highest BCUT2D eigenvalue weighted by molar-refractivity contribution is 9.09. The number of allylic oxidation sites excluding steroid dienone is 1. The fraction of sp³-hybridized carbons (Fsp3) is 0.786. The number of esters is 1. The van der Waals surface area contributed by atoms with Gasteiger partial charge in [0.2, 0.25) is 0 Å². The summed E-state index contributed by atoms with van der Waals surface area (Å²) in [4.78, 5) is 11.7. The van der Waals surface area contributed by atoms with Crippen LogP contribution in [0.3, 0.4) is 0 Å². The quantitative estimate of drug-likeness (QED) is 0.441. The number of alkyl halides is 1. The number of carbonyl (C=O) groups is 1. The summed E-state index contributed by atoms with van der Waals surface area (Å²) in [5, 5.41) is 1.05. The van der Waals surface area contributed by atoms with Gasteiger partial charge < -0.3 is 4.74 Å². The van der Waals surface area contributed by atoms with Gasteiger partial charge in [0.1, 0.15) is 5.60 Å². The zero-order valence-corrected chi connectivity index (χ0v) is 12.7. The molecule has 0 aromatic rings. The maximum absolute atomic E-state index is 11.7.